The van der Waals surface area contributed by atoms with Crippen molar-refractivity contribution >= 4 is 22.2 Å². The number of aryl methyl sites for hydroxylation is 2. The molecule has 0 bridgehead atoms. The molecule has 1 fully saturated rings. The minimum absolute atomic E-state index is 0.169. The molecule has 0 saturated carbocycles. The van der Waals surface area contributed by atoms with Gasteiger partial charge >= 0.3 is 0 Å². The molecular formula is C24H29N7O2. The van der Waals surface area contributed by atoms with E-state index in [1.807, 2.05) is 36.7 Å². The Hall–Kier alpha value is -3.33. The van der Waals surface area contributed by atoms with Crippen molar-refractivity contribution in [2.75, 3.05) is 13.1 Å². The third kappa shape index (κ3) is 4.20. The van der Waals surface area contributed by atoms with E-state index in [0.717, 1.165) is 37.0 Å². The predicted octanol–water partition coefficient (Wildman–Crippen LogP) is 3.29. The van der Waals surface area contributed by atoms with Gasteiger partial charge in [0.25, 0.3) is 5.56 Å². The highest BCUT2D eigenvalue weighted by Crippen LogP contribution is 2.24. The highest BCUT2D eigenvalue weighted by atomic mass is 16.5. The van der Waals surface area contributed by atoms with Gasteiger partial charge in [-0.2, -0.15) is 0 Å². The second-order valence-electron chi connectivity index (χ2n) is 9.16. The molecule has 1 atom stereocenters. The Morgan fingerprint density at radius 1 is 1.21 bits per heavy atom. The van der Waals surface area contributed by atoms with E-state index in [9.17, 15) is 4.79 Å². The number of benzene rings is 1. The van der Waals surface area contributed by atoms with Gasteiger partial charge in [0.1, 0.15) is 11.6 Å². The van der Waals surface area contributed by atoms with Crippen LogP contribution in [0.15, 0.2) is 35.5 Å². The lowest BCUT2D eigenvalue weighted by Gasteiger charge is -2.35. The normalized spacial score (nSPS) is 17.3. The quantitative estimate of drug-likeness (QED) is 0.464. The van der Waals surface area contributed by atoms with Gasteiger partial charge in [-0.25, -0.2) is 19.9 Å². The molecule has 9 heteroatoms. The first kappa shape index (κ1) is 21.5. The molecular weight excluding hydrogens is 418 g/mol. The molecule has 0 aliphatic carbocycles. The third-order valence-corrected chi connectivity index (χ3v) is 6.48. The molecule has 4 aromatic rings. The second kappa shape index (κ2) is 8.55. The zero-order chi connectivity index (χ0) is 23.1. The van der Waals surface area contributed by atoms with Crippen molar-refractivity contribution in [2.24, 2.45) is 13.0 Å². The van der Waals surface area contributed by atoms with E-state index in [0.29, 0.717) is 35.7 Å². The van der Waals surface area contributed by atoms with Crippen LogP contribution in [0.1, 0.15) is 32.5 Å². The summed E-state index contributed by atoms with van der Waals surface area (Å²) >= 11 is 0. The van der Waals surface area contributed by atoms with Crippen LogP contribution in [0.3, 0.4) is 0 Å². The fraction of sp³-hybridized carbons (Fsp3) is 0.458. The van der Waals surface area contributed by atoms with Crippen molar-refractivity contribution in [1.82, 2.24) is 34.0 Å². The summed E-state index contributed by atoms with van der Waals surface area (Å²) in [6.45, 7) is 9.05. The first-order chi connectivity index (χ1) is 15.9. The number of imidazole rings is 1. The van der Waals surface area contributed by atoms with E-state index in [4.69, 9.17) is 4.74 Å². The Balaban J connectivity index is 1.43. The average molecular weight is 448 g/mol. The van der Waals surface area contributed by atoms with Gasteiger partial charge in [0.15, 0.2) is 11.2 Å². The Kier molecular flexibility index (Phi) is 5.57. The number of hydrogen-bond acceptors (Lipinski definition) is 7. The molecule has 5 rings (SSSR count). The van der Waals surface area contributed by atoms with Gasteiger partial charge in [-0.15, -0.1) is 0 Å². The van der Waals surface area contributed by atoms with E-state index in [-0.39, 0.29) is 17.0 Å². The number of fused-ring (bicyclic) bond motifs is 2. The maximum Gasteiger partial charge on any atom is 0.281 e. The summed E-state index contributed by atoms with van der Waals surface area (Å²) in [5.74, 6) is 1.92. The van der Waals surface area contributed by atoms with Crippen molar-refractivity contribution in [3.05, 3.63) is 46.9 Å². The van der Waals surface area contributed by atoms with Crippen molar-refractivity contribution in [1.29, 1.82) is 0 Å². The lowest BCUT2D eigenvalue weighted by atomic mass is 9.97. The molecule has 3 aromatic heterocycles. The Bertz CT molecular complexity index is 1370. The van der Waals surface area contributed by atoms with E-state index in [2.05, 4.69) is 38.7 Å². The molecule has 9 nitrogen and oxygen atoms in total. The highest BCUT2D eigenvalue weighted by Gasteiger charge is 2.23. The van der Waals surface area contributed by atoms with Crippen LogP contribution in [0.4, 0.5) is 0 Å². The fourth-order valence-corrected chi connectivity index (χ4v) is 4.62. The summed E-state index contributed by atoms with van der Waals surface area (Å²) in [6.07, 6.45) is 5.52. The number of ether oxygens (including phenoxy) is 1. The van der Waals surface area contributed by atoms with Gasteiger partial charge in [-0.1, -0.05) is 0 Å². The first-order valence-electron chi connectivity index (χ1n) is 11.5. The summed E-state index contributed by atoms with van der Waals surface area (Å²) in [5, 5.41) is 0. The van der Waals surface area contributed by atoms with Crippen molar-refractivity contribution in [3.8, 4) is 11.6 Å². The van der Waals surface area contributed by atoms with Gasteiger partial charge in [0.05, 0.1) is 23.6 Å². The molecule has 1 aromatic carbocycles. The van der Waals surface area contributed by atoms with Crippen LogP contribution in [0.25, 0.3) is 22.2 Å². The maximum atomic E-state index is 13.4. The molecule has 172 valence electrons. The number of hydrogen-bond donors (Lipinski definition) is 0. The summed E-state index contributed by atoms with van der Waals surface area (Å²) < 4.78 is 9.60. The lowest BCUT2D eigenvalue weighted by molar-refractivity contribution is 0.129. The zero-order valence-electron chi connectivity index (χ0n) is 19.5. The summed E-state index contributed by atoms with van der Waals surface area (Å²) in [7, 11) is 1.94. The Morgan fingerprint density at radius 2 is 2.06 bits per heavy atom. The van der Waals surface area contributed by atoms with Gasteiger partial charge < -0.3 is 14.2 Å². The van der Waals surface area contributed by atoms with E-state index in [1.165, 1.54) is 6.20 Å². The second-order valence-corrected chi connectivity index (χ2v) is 9.16. The summed E-state index contributed by atoms with van der Waals surface area (Å²) in [5.41, 5.74) is 2.24. The molecule has 33 heavy (non-hydrogen) atoms. The minimum atomic E-state index is -0.169. The standard InChI is InChI=1S/C24H29N7O2/c1-15(2)30-9-5-6-17(12-30)13-31-16(3)27-23-22(24(31)32)28-21(11-25-23)33-18-7-8-20-19(10-18)26-14-29(20)4/h7-8,10-11,14-15,17H,5-6,9,12-13H2,1-4H3/t17-/m0/s1. The number of nitrogens with zero attached hydrogens (tertiary/aromatic N) is 7. The molecule has 0 unspecified atom stereocenters. The molecule has 1 saturated heterocycles. The van der Waals surface area contributed by atoms with Crippen LogP contribution in [0, 0.1) is 12.8 Å². The predicted molar refractivity (Wildman–Crippen MR) is 127 cm³/mol. The number of likely N-dealkylation sites (tertiary alicyclic amines) is 1. The molecule has 1 aliphatic rings. The number of rotatable bonds is 5. The van der Waals surface area contributed by atoms with E-state index < -0.39 is 0 Å². The van der Waals surface area contributed by atoms with E-state index >= 15 is 0 Å². The zero-order valence-corrected chi connectivity index (χ0v) is 19.5. The van der Waals surface area contributed by atoms with Gasteiger partial charge in [0.2, 0.25) is 5.88 Å². The smallest absolute Gasteiger partial charge is 0.281 e. The van der Waals surface area contributed by atoms with Crippen LogP contribution in [-0.4, -0.2) is 53.1 Å². The topological polar surface area (TPSA) is 91.0 Å². The molecule has 0 spiro atoms. The van der Waals surface area contributed by atoms with Crippen molar-refractivity contribution in [3.63, 3.8) is 0 Å². The molecule has 0 radical (unpaired) electrons. The fourth-order valence-electron chi connectivity index (χ4n) is 4.62. The van der Waals surface area contributed by atoms with Crippen LogP contribution in [0.5, 0.6) is 11.6 Å². The summed E-state index contributed by atoms with van der Waals surface area (Å²) in [4.78, 5) is 33.6. The Morgan fingerprint density at radius 3 is 2.88 bits per heavy atom. The van der Waals surface area contributed by atoms with Gasteiger partial charge in [0, 0.05) is 32.2 Å². The molecule has 0 amide bonds. The molecule has 1 aliphatic heterocycles. The number of piperidine rings is 1. The van der Waals surface area contributed by atoms with Crippen LogP contribution in [-0.2, 0) is 13.6 Å². The highest BCUT2D eigenvalue weighted by molar-refractivity contribution is 5.77. The van der Waals surface area contributed by atoms with E-state index in [1.54, 1.807) is 10.9 Å². The number of aromatic nitrogens is 6. The first-order valence-corrected chi connectivity index (χ1v) is 11.5. The summed E-state index contributed by atoms with van der Waals surface area (Å²) in [6, 6.07) is 6.15. The third-order valence-electron chi connectivity index (χ3n) is 6.48. The minimum Gasteiger partial charge on any atom is -0.437 e. The molecule has 4 heterocycles. The lowest BCUT2D eigenvalue weighted by Crippen LogP contribution is -2.42. The van der Waals surface area contributed by atoms with Crippen molar-refractivity contribution in [2.45, 2.75) is 46.2 Å². The SMILES string of the molecule is Cc1nc2ncc(Oc3ccc4c(c3)ncn4C)nc2c(=O)n1C[C@H]1CCCN(C(C)C)C1. The molecule has 0 N–H and O–H groups in total. The van der Waals surface area contributed by atoms with Gasteiger partial charge in [-0.3, -0.25) is 9.36 Å². The van der Waals surface area contributed by atoms with Crippen molar-refractivity contribution < 1.29 is 4.74 Å². The van der Waals surface area contributed by atoms with Crippen LogP contribution >= 0.6 is 0 Å². The van der Waals surface area contributed by atoms with Crippen LogP contribution < -0.4 is 10.3 Å². The Labute approximate surface area is 192 Å². The van der Waals surface area contributed by atoms with Crippen LogP contribution in [0.2, 0.25) is 0 Å². The average Bonchev–Trinajstić information content (AvgIpc) is 3.17. The monoisotopic (exact) mass is 447 g/mol. The largest absolute Gasteiger partial charge is 0.437 e. The van der Waals surface area contributed by atoms with Gasteiger partial charge in [-0.05, 0) is 58.2 Å². The maximum absolute atomic E-state index is 13.4.